The highest BCUT2D eigenvalue weighted by Gasteiger charge is 2.47. The zero-order valence-electron chi connectivity index (χ0n) is 19.0. The number of hydrogen-bond donors (Lipinski definition) is 2. The van der Waals surface area contributed by atoms with Crippen molar-refractivity contribution in [1.29, 1.82) is 0 Å². The Kier molecular flexibility index (Phi) is 5.57. The van der Waals surface area contributed by atoms with Gasteiger partial charge in [0.2, 0.25) is 11.8 Å². The van der Waals surface area contributed by atoms with Gasteiger partial charge in [-0.05, 0) is 57.0 Å². The molecule has 2 N–H and O–H groups in total. The van der Waals surface area contributed by atoms with Gasteiger partial charge in [0.05, 0.1) is 12.0 Å². The minimum Gasteiger partial charge on any atom is -0.481 e. The molecule has 1 fully saturated rings. The number of rotatable bonds is 4. The normalized spacial score (nSPS) is 18.3. The Balaban J connectivity index is 1.62. The molecule has 1 atom stereocenters. The van der Waals surface area contributed by atoms with E-state index < -0.39 is 11.1 Å². The molecule has 1 aromatic carbocycles. The number of benzene rings is 1. The first-order valence-electron chi connectivity index (χ1n) is 11.2. The van der Waals surface area contributed by atoms with Crippen molar-refractivity contribution in [1.82, 2.24) is 14.5 Å². The molecule has 1 spiro atoms. The molecule has 1 saturated carbocycles. The zero-order chi connectivity index (χ0) is 23.2. The van der Waals surface area contributed by atoms with Crippen molar-refractivity contribution < 1.29 is 13.5 Å². The van der Waals surface area contributed by atoms with Gasteiger partial charge in [0.1, 0.15) is 17.0 Å². The molecule has 2 aliphatic rings. The van der Waals surface area contributed by atoms with Crippen LogP contribution in [-0.2, 0) is 21.4 Å². The molecular weight excluding hydrogens is 440 g/mol. The fraction of sp³-hybridized carbons (Fsp3) is 0.435. The topological polar surface area (TPSA) is 105 Å². The lowest BCUT2D eigenvalue weighted by Crippen LogP contribution is -2.50. The molecule has 3 heterocycles. The lowest BCUT2D eigenvalue weighted by molar-refractivity contribution is 0.219. The van der Waals surface area contributed by atoms with Crippen molar-refractivity contribution in [3.8, 4) is 0 Å². The summed E-state index contributed by atoms with van der Waals surface area (Å²) in [7, 11) is 1.70. The number of methoxy groups -OCH3 is 1. The average Bonchev–Trinajstić information content (AvgIpc) is 3.20. The van der Waals surface area contributed by atoms with Crippen molar-refractivity contribution in [3.63, 3.8) is 0 Å². The minimum atomic E-state index is -2.01. The Morgan fingerprint density at radius 3 is 2.55 bits per heavy atom. The maximum atomic E-state index is 11.2. The van der Waals surface area contributed by atoms with Crippen molar-refractivity contribution >= 4 is 45.5 Å². The van der Waals surface area contributed by atoms with Crippen LogP contribution in [0.25, 0.3) is 11.0 Å². The molecule has 5 rings (SSSR count). The second kappa shape index (κ2) is 8.42. The molecule has 1 unspecified atom stereocenters. The number of nitrogens with one attached hydrogen (secondary N) is 1. The van der Waals surface area contributed by atoms with Gasteiger partial charge in [-0.25, -0.2) is 14.2 Å². The van der Waals surface area contributed by atoms with Crippen LogP contribution < -0.4 is 10.3 Å². The highest BCUT2D eigenvalue weighted by atomic mass is 32.2. The summed E-state index contributed by atoms with van der Waals surface area (Å²) < 4.78 is 28.7. The van der Waals surface area contributed by atoms with Crippen LogP contribution in [0.15, 0.2) is 46.5 Å². The van der Waals surface area contributed by atoms with E-state index in [0.717, 1.165) is 54.1 Å². The van der Waals surface area contributed by atoms with Crippen LogP contribution in [0.4, 0.5) is 17.5 Å². The maximum absolute atomic E-state index is 11.2. The van der Waals surface area contributed by atoms with Gasteiger partial charge in [0.25, 0.3) is 0 Å². The number of fused-ring (bicyclic) bond motifs is 4. The summed E-state index contributed by atoms with van der Waals surface area (Å²) in [5.41, 5.74) is 1.23. The van der Waals surface area contributed by atoms with Crippen LogP contribution in [0.2, 0.25) is 0 Å². The molecule has 0 radical (unpaired) electrons. The predicted molar refractivity (Wildman–Crippen MR) is 129 cm³/mol. The Morgan fingerprint density at radius 1 is 1.18 bits per heavy atom. The van der Waals surface area contributed by atoms with E-state index in [1.54, 1.807) is 31.4 Å². The second-order valence-electron chi connectivity index (χ2n) is 8.85. The van der Waals surface area contributed by atoms with E-state index in [4.69, 9.17) is 14.8 Å². The second-order valence-corrected chi connectivity index (χ2v) is 9.82. The Hall–Kier alpha value is -2.98. The van der Waals surface area contributed by atoms with Crippen molar-refractivity contribution in [3.05, 3.63) is 36.5 Å². The van der Waals surface area contributed by atoms with Crippen molar-refractivity contribution in [2.45, 2.75) is 62.4 Å². The lowest BCUT2D eigenvalue weighted by atomic mass is 9.80. The summed E-state index contributed by atoms with van der Waals surface area (Å²) in [4.78, 5) is 9.77. The Morgan fingerprint density at radius 2 is 1.91 bits per heavy atom. The van der Waals surface area contributed by atoms with Gasteiger partial charge < -0.3 is 14.6 Å². The van der Waals surface area contributed by atoms with E-state index in [1.807, 2.05) is 11.2 Å². The number of ether oxygens (including phenoxy) is 1. The summed E-state index contributed by atoms with van der Waals surface area (Å²) in [6, 6.07) is 8.95. The molecule has 2 aromatic heterocycles. The number of nitrogens with zero attached hydrogens (tertiary/aromatic N) is 5. The first kappa shape index (κ1) is 21.8. The van der Waals surface area contributed by atoms with E-state index in [9.17, 15) is 8.76 Å². The fourth-order valence-corrected chi connectivity index (χ4v) is 5.30. The smallest absolute Gasteiger partial charge is 0.232 e. The Bertz CT molecular complexity index is 1230. The van der Waals surface area contributed by atoms with Crippen LogP contribution in [0.3, 0.4) is 0 Å². The molecule has 0 bridgehead atoms. The lowest BCUT2D eigenvalue weighted by Gasteiger charge is -2.44. The molecule has 1 aliphatic carbocycles. The number of hydrogen-bond acceptors (Lipinski definition) is 7. The fourth-order valence-electron chi connectivity index (χ4n) is 4.93. The van der Waals surface area contributed by atoms with E-state index in [0.29, 0.717) is 10.8 Å². The summed E-state index contributed by atoms with van der Waals surface area (Å²) in [5.74, 6) is 2.20. The molecule has 3 aromatic rings. The van der Waals surface area contributed by atoms with Crippen molar-refractivity contribution in [2.24, 2.45) is 5.10 Å². The molecule has 0 saturated heterocycles. The average molecular weight is 469 g/mol. The largest absolute Gasteiger partial charge is 0.481 e. The third-order valence-electron chi connectivity index (χ3n) is 6.46. The highest BCUT2D eigenvalue weighted by molar-refractivity contribution is 7.79. The molecule has 0 amide bonds. The third kappa shape index (κ3) is 3.67. The molecule has 33 heavy (non-hydrogen) atoms. The number of aromatic nitrogens is 3. The number of anilines is 3. The Labute approximate surface area is 195 Å². The van der Waals surface area contributed by atoms with Crippen LogP contribution in [0, 0.1) is 0 Å². The highest BCUT2D eigenvalue weighted by Crippen LogP contribution is 2.45. The monoisotopic (exact) mass is 468 g/mol. The van der Waals surface area contributed by atoms with Gasteiger partial charge in [0, 0.05) is 23.3 Å². The molecule has 174 valence electrons. The molecule has 1 aliphatic heterocycles. The summed E-state index contributed by atoms with van der Waals surface area (Å²) in [6.07, 6.45) is 7.16. The molecular formula is C23H28N6O3S. The first-order chi connectivity index (χ1) is 15.9. The van der Waals surface area contributed by atoms with E-state index in [-0.39, 0.29) is 11.6 Å². The summed E-state index contributed by atoms with van der Waals surface area (Å²) in [6.45, 7) is 4.22. The van der Waals surface area contributed by atoms with E-state index in [1.165, 1.54) is 6.42 Å². The van der Waals surface area contributed by atoms with Gasteiger partial charge in [-0.1, -0.05) is 19.3 Å². The maximum Gasteiger partial charge on any atom is 0.232 e. The van der Waals surface area contributed by atoms with Crippen LogP contribution >= 0.6 is 0 Å². The summed E-state index contributed by atoms with van der Waals surface area (Å²) in [5, 5.41) is 11.1. The standard InChI is InChI=1S/C23H28N6O3S/c1-15(2)29-19-13-16-14-24-22(25-17-7-9-18(10-8-17)33(30)31)26-20(16)28(19)23(21(27-29)32-3)11-5-4-6-12-23/h7-10,13-15H,4-6,11-12H2,1-3H3,(H,30,31)(H,24,25,26). The minimum absolute atomic E-state index is 0.153. The van der Waals surface area contributed by atoms with Gasteiger partial charge in [-0.3, -0.25) is 4.57 Å². The van der Waals surface area contributed by atoms with E-state index >= 15 is 0 Å². The van der Waals surface area contributed by atoms with Crippen LogP contribution in [0.1, 0.15) is 46.0 Å². The quantitative estimate of drug-likeness (QED) is 0.539. The van der Waals surface area contributed by atoms with Gasteiger partial charge in [0.15, 0.2) is 11.1 Å². The van der Waals surface area contributed by atoms with Gasteiger partial charge >= 0.3 is 0 Å². The molecule has 10 heteroatoms. The zero-order valence-corrected chi connectivity index (χ0v) is 19.8. The molecule has 9 nitrogen and oxygen atoms in total. The SMILES string of the molecule is COC1=NN(C(C)C)c2cc3cnc(Nc4ccc(S(=O)O)cc4)nc3n2C12CCCCC2. The van der Waals surface area contributed by atoms with Crippen molar-refractivity contribution in [2.75, 3.05) is 17.4 Å². The first-order valence-corrected chi connectivity index (χ1v) is 12.3. The van der Waals surface area contributed by atoms with Gasteiger partial charge in [-0.15, -0.1) is 5.10 Å². The third-order valence-corrected chi connectivity index (χ3v) is 7.13. The number of hydrazone groups is 1. The van der Waals surface area contributed by atoms with Crippen LogP contribution in [-0.4, -0.2) is 42.3 Å². The van der Waals surface area contributed by atoms with Crippen LogP contribution in [0.5, 0.6) is 0 Å². The van der Waals surface area contributed by atoms with Gasteiger partial charge in [-0.2, -0.15) is 4.98 Å². The summed E-state index contributed by atoms with van der Waals surface area (Å²) >= 11 is -2.01. The van der Waals surface area contributed by atoms with E-state index in [2.05, 4.69) is 34.8 Å². The predicted octanol–water partition coefficient (Wildman–Crippen LogP) is 4.60.